The van der Waals surface area contributed by atoms with E-state index in [1.165, 1.54) is 24.8 Å². The van der Waals surface area contributed by atoms with Gasteiger partial charge in [0.1, 0.15) is 5.82 Å². The summed E-state index contributed by atoms with van der Waals surface area (Å²) in [5.74, 6) is 2.01. The minimum atomic E-state index is 0.880. The molecule has 1 aliphatic rings. The zero-order valence-electron chi connectivity index (χ0n) is 11.2. The molecule has 1 aliphatic heterocycles. The number of halogens is 1. The van der Waals surface area contributed by atoms with Gasteiger partial charge in [0.2, 0.25) is 0 Å². The Balaban J connectivity index is 1.90. The predicted molar refractivity (Wildman–Crippen MR) is 80.2 cm³/mol. The molecule has 0 unspecified atom stereocenters. The molecule has 4 heteroatoms. The van der Waals surface area contributed by atoms with Gasteiger partial charge in [-0.25, -0.2) is 4.98 Å². The van der Waals surface area contributed by atoms with Gasteiger partial charge in [0.05, 0.1) is 0 Å². The van der Waals surface area contributed by atoms with E-state index >= 15 is 0 Å². The first kappa shape index (κ1) is 13.8. The summed E-state index contributed by atoms with van der Waals surface area (Å²) >= 11 is 3.50. The van der Waals surface area contributed by atoms with Crippen molar-refractivity contribution < 1.29 is 0 Å². The third-order valence-corrected chi connectivity index (χ3v) is 4.60. The first-order valence-electron chi connectivity index (χ1n) is 6.72. The van der Waals surface area contributed by atoms with Gasteiger partial charge in [-0.3, -0.25) is 0 Å². The molecule has 0 spiro atoms. The first-order valence-corrected chi connectivity index (χ1v) is 7.51. The third-order valence-electron chi connectivity index (χ3n) is 3.77. The van der Waals surface area contributed by atoms with E-state index in [9.17, 15) is 0 Å². The van der Waals surface area contributed by atoms with E-state index in [4.69, 9.17) is 0 Å². The van der Waals surface area contributed by atoms with Crippen molar-refractivity contribution in [1.29, 1.82) is 0 Å². The number of piperidine rings is 1. The summed E-state index contributed by atoms with van der Waals surface area (Å²) in [6.45, 7) is 5.54. The van der Waals surface area contributed by atoms with Crippen LogP contribution in [0.25, 0.3) is 0 Å². The minimum Gasteiger partial charge on any atom is -0.357 e. The van der Waals surface area contributed by atoms with Crippen molar-refractivity contribution in [3.05, 3.63) is 22.3 Å². The normalized spacial score (nSPS) is 17.2. The largest absolute Gasteiger partial charge is 0.357 e. The molecule has 0 atom stereocenters. The number of hydrogen-bond acceptors (Lipinski definition) is 3. The zero-order chi connectivity index (χ0) is 13.0. The van der Waals surface area contributed by atoms with Crippen LogP contribution < -0.4 is 10.2 Å². The molecule has 3 nitrogen and oxygen atoms in total. The Morgan fingerprint density at radius 1 is 1.44 bits per heavy atom. The van der Waals surface area contributed by atoms with Crippen LogP contribution in [-0.2, 0) is 0 Å². The third kappa shape index (κ3) is 3.45. The number of nitrogens with one attached hydrogen (secondary N) is 1. The molecule has 100 valence electrons. The summed E-state index contributed by atoms with van der Waals surface area (Å²) in [6.07, 6.45) is 5.80. The van der Waals surface area contributed by atoms with E-state index in [-0.39, 0.29) is 0 Å². The van der Waals surface area contributed by atoms with E-state index in [2.05, 4.69) is 44.1 Å². The second-order valence-corrected chi connectivity index (χ2v) is 5.97. The van der Waals surface area contributed by atoms with Gasteiger partial charge < -0.3 is 10.2 Å². The van der Waals surface area contributed by atoms with Crippen molar-refractivity contribution in [2.75, 3.05) is 31.6 Å². The quantitative estimate of drug-likeness (QED) is 0.926. The highest BCUT2D eigenvalue weighted by atomic mass is 79.9. The highest BCUT2D eigenvalue weighted by Crippen LogP contribution is 2.26. The van der Waals surface area contributed by atoms with Crippen LogP contribution in [0.5, 0.6) is 0 Å². The Morgan fingerprint density at radius 2 is 2.17 bits per heavy atom. The smallest absolute Gasteiger partial charge is 0.128 e. The second kappa shape index (κ2) is 6.53. The average molecular weight is 312 g/mol. The molecule has 0 saturated carbocycles. The Labute approximate surface area is 118 Å². The van der Waals surface area contributed by atoms with E-state index in [1.54, 1.807) is 0 Å². The van der Waals surface area contributed by atoms with Gasteiger partial charge in [0.15, 0.2) is 0 Å². The summed E-state index contributed by atoms with van der Waals surface area (Å²) in [5, 5.41) is 3.24. The fourth-order valence-corrected chi connectivity index (χ4v) is 2.71. The van der Waals surface area contributed by atoms with E-state index in [0.29, 0.717) is 0 Å². The fourth-order valence-electron chi connectivity index (χ4n) is 2.50. The fraction of sp³-hybridized carbons (Fsp3) is 0.643. The highest BCUT2D eigenvalue weighted by Gasteiger charge is 2.19. The van der Waals surface area contributed by atoms with Gasteiger partial charge in [-0.05, 0) is 73.3 Å². The molecule has 18 heavy (non-hydrogen) atoms. The van der Waals surface area contributed by atoms with Crippen molar-refractivity contribution in [2.24, 2.45) is 5.92 Å². The van der Waals surface area contributed by atoms with Gasteiger partial charge in [0, 0.05) is 23.8 Å². The maximum atomic E-state index is 4.52. The van der Waals surface area contributed by atoms with E-state index in [1.807, 2.05) is 13.2 Å². The molecular formula is C14H22BrN3. The van der Waals surface area contributed by atoms with Gasteiger partial charge in [0.25, 0.3) is 0 Å². The lowest BCUT2D eigenvalue weighted by Crippen LogP contribution is -2.35. The summed E-state index contributed by atoms with van der Waals surface area (Å²) in [4.78, 5) is 6.93. The van der Waals surface area contributed by atoms with Gasteiger partial charge in [-0.2, -0.15) is 0 Å². The molecule has 2 heterocycles. The molecule has 0 bridgehead atoms. The Kier molecular flexibility index (Phi) is 5.01. The molecule has 0 radical (unpaired) electrons. The SMILES string of the molecule is CNCCC1CCN(c2cc(C)c(Br)cn2)CC1. The van der Waals surface area contributed by atoms with Crippen molar-refractivity contribution in [3.8, 4) is 0 Å². The summed E-state index contributed by atoms with van der Waals surface area (Å²) < 4.78 is 1.09. The lowest BCUT2D eigenvalue weighted by Gasteiger charge is -2.33. The van der Waals surface area contributed by atoms with Crippen LogP contribution >= 0.6 is 15.9 Å². The van der Waals surface area contributed by atoms with Crippen LogP contribution in [0.2, 0.25) is 0 Å². The Morgan fingerprint density at radius 3 is 2.78 bits per heavy atom. The predicted octanol–water partition coefficient (Wildman–Crippen LogP) is 2.98. The lowest BCUT2D eigenvalue weighted by molar-refractivity contribution is 0.377. The molecule has 2 rings (SSSR count). The first-order chi connectivity index (χ1) is 8.70. The number of rotatable bonds is 4. The van der Waals surface area contributed by atoms with Crippen LogP contribution in [0.3, 0.4) is 0 Å². The molecule has 1 aromatic rings. The molecular weight excluding hydrogens is 290 g/mol. The monoisotopic (exact) mass is 311 g/mol. The summed E-state index contributed by atoms with van der Waals surface area (Å²) in [5.41, 5.74) is 1.26. The molecule has 1 aromatic heterocycles. The number of hydrogen-bond donors (Lipinski definition) is 1. The Hall–Kier alpha value is -0.610. The van der Waals surface area contributed by atoms with Crippen LogP contribution in [0.15, 0.2) is 16.7 Å². The Bertz CT molecular complexity index is 387. The zero-order valence-corrected chi connectivity index (χ0v) is 12.8. The topological polar surface area (TPSA) is 28.2 Å². The van der Waals surface area contributed by atoms with E-state index < -0.39 is 0 Å². The summed E-state index contributed by atoms with van der Waals surface area (Å²) in [7, 11) is 2.03. The van der Waals surface area contributed by atoms with Crippen molar-refractivity contribution >= 4 is 21.7 Å². The molecule has 1 saturated heterocycles. The maximum Gasteiger partial charge on any atom is 0.128 e. The number of pyridine rings is 1. The number of anilines is 1. The number of nitrogens with zero attached hydrogens (tertiary/aromatic N) is 2. The number of aryl methyl sites for hydroxylation is 1. The van der Waals surface area contributed by atoms with Crippen molar-refractivity contribution in [2.45, 2.75) is 26.2 Å². The standard InChI is InChI=1S/C14H22BrN3/c1-11-9-14(17-10-13(11)15)18-7-4-12(5-8-18)3-6-16-2/h9-10,12,16H,3-8H2,1-2H3. The van der Waals surface area contributed by atoms with Gasteiger partial charge in [-0.1, -0.05) is 0 Å². The average Bonchev–Trinajstić information content (AvgIpc) is 2.40. The molecule has 0 aliphatic carbocycles. The lowest BCUT2D eigenvalue weighted by atomic mass is 9.93. The maximum absolute atomic E-state index is 4.52. The van der Waals surface area contributed by atoms with E-state index in [0.717, 1.165) is 35.8 Å². The molecule has 1 N–H and O–H groups in total. The van der Waals surface area contributed by atoms with Crippen LogP contribution in [0, 0.1) is 12.8 Å². The molecule has 1 fully saturated rings. The van der Waals surface area contributed by atoms with Crippen LogP contribution in [0.4, 0.5) is 5.82 Å². The highest BCUT2D eigenvalue weighted by molar-refractivity contribution is 9.10. The second-order valence-electron chi connectivity index (χ2n) is 5.11. The van der Waals surface area contributed by atoms with Gasteiger partial charge >= 0.3 is 0 Å². The van der Waals surface area contributed by atoms with Crippen LogP contribution in [0.1, 0.15) is 24.8 Å². The van der Waals surface area contributed by atoms with Gasteiger partial charge in [-0.15, -0.1) is 0 Å². The minimum absolute atomic E-state index is 0.880. The van der Waals surface area contributed by atoms with Crippen LogP contribution in [-0.4, -0.2) is 31.7 Å². The molecule has 0 aromatic carbocycles. The van der Waals surface area contributed by atoms with Crippen molar-refractivity contribution in [3.63, 3.8) is 0 Å². The van der Waals surface area contributed by atoms with Crippen molar-refractivity contribution in [1.82, 2.24) is 10.3 Å². The number of aromatic nitrogens is 1. The molecule has 0 amide bonds. The summed E-state index contributed by atoms with van der Waals surface area (Å²) in [6, 6.07) is 2.18.